The predicted molar refractivity (Wildman–Crippen MR) is 90.5 cm³/mol. The molecule has 0 bridgehead atoms. The van der Waals surface area contributed by atoms with Crippen molar-refractivity contribution in [3.05, 3.63) is 40.3 Å². The van der Waals surface area contributed by atoms with Gasteiger partial charge in [-0.25, -0.2) is 4.98 Å². The van der Waals surface area contributed by atoms with Crippen molar-refractivity contribution < 1.29 is 14.3 Å². The number of benzene rings is 1. The molecule has 0 atom stereocenters. The van der Waals surface area contributed by atoms with E-state index in [0.717, 1.165) is 38.3 Å². The van der Waals surface area contributed by atoms with Crippen molar-refractivity contribution in [1.29, 1.82) is 0 Å². The average Bonchev–Trinajstić information content (AvgIpc) is 3.22. The van der Waals surface area contributed by atoms with E-state index in [1.165, 1.54) is 0 Å². The number of thiazole rings is 1. The number of para-hydroxylation sites is 1. The summed E-state index contributed by atoms with van der Waals surface area (Å²) in [5.74, 6) is 1.25. The van der Waals surface area contributed by atoms with E-state index in [1.54, 1.807) is 11.3 Å². The van der Waals surface area contributed by atoms with E-state index in [0.29, 0.717) is 23.6 Å². The fourth-order valence-electron chi connectivity index (χ4n) is 3.15. The van der Waals surface area contributed by atoms with Crippen LogP contribution < -0.4 is 9.47 Å². The predicted octanol–water partition coefficient (Wildman–Crippen LogP) is 2.22. The van der Waals surface area contributed by atoms with Crippen molar-refractivity contribution in [2.24, 2.45) is 0 Å². The number of rotatable bonds is 3. The van der Waals surface area contributed by atoms with Crippen LogP contribution in [0, 0.1) is 0 Å². The second-order valence-corrected chi connectivity index (χ2v) is 6.66. The second kappa shape index (κ2) is 6.78. The minimum Gasteiger partial charge on any atom is -0.454 e. The van der Waals surface area contributed by atoms with Crippen LogP contribution in [0.25, 0.3) is 0 Å². The Morgan fingerprint density at radius 1 is 1.21 bits per heavy atom. The normalized spacial score (nSPS) is 17.8. The lowest BCUT2D eigenvalue weighted by Gasteiger charge is -2.22. The van der Waals surface area contributed by atoms with Crippen LogP contribution in [0.15, 0.2) is 29.1 Å². The van der Waals surface area contributed by atoms with E-state index >= 15 is 0 Å². The molecule has 1 fully saturated rings. The molecule has 2 aliphatic heterocycles. The molecular weight excluding hydrogens is 326 g/mol. The van der Waals surface area contributed by atoms with Gasteiger partial charge >= 0.3 is 0 Å². The first-order valence-corrected chi connectivity index (χ1v) is 9.03. The van der Waals surface area contributed by atoms with Crippen LogP contribution in [0.4, 0.5) is 0 Å². The van der Waals surface area contributed by atoms with Crippen molar-refractivity contribution in [2.45, 2.75) is 13.0 Å². The molecule has 0 saturated carbocycles. The van der Waals surface area contributed by atoms with Gasteiger partial charge in [0.05, 0.1) is 16.8 Å². The van der Waals surface area contributed by atoms with Crippen LogP contribution in [-0.2, 0) is 6.54 Å². The van der Waals surface area contributed by atoms with Crippen molar-refractivity contribution in [3.63, 3.8) is 0 Å². The van der Waals surface area contributed by atoms with E-state index in [4.69, 9.17) is 9.47 Å². The van der Waals surface area contributed by atoms with Gasteiger partial charge in [-0.15, -0.1) is 11.3 Å². The maximum atomic E-state index is 12.9. The largest absolute Gasteiger partial charge is 0.454 e. The SMILES string of the molecule is O=C(c1cccc2c1OCO2)N1CCCN(Cc2cscn2)CC1. The summed E-state index contributed by atoms with van der Waals surface area (Å²) in [6.45, 7) is 4.35. The van der Waals surface area contributed by atoms with Crippen molar-refractivity contribution in [2.75, 3.05) is 33.0 Å². The third-order valence-corrected chi connectivity index (χ3v) is 5.01. The van der Waals surface area contributed by atoms with Crippen LogP contribution in [0.2, 0.25) is 0 Å². The maximum Gasteiger partial charge on any atom is 0.257 e. The van der Waals surface area contributed by atoms with Crippen molar-refractivity contribution in [3.8, 4) is 11.5 Å². The number of fused-ring (bicyclic) bond motifs is 1. The van der Waals surface area contributed by atoms with E-state index in [-0.39, 0.29) is 12.7 Å². The molecule has 0 radical (unpaired) electrons. The molecule has 1 aromatic carbocycles. The average molecular weight is 345 g/mol. The molecule has 1 amide bonds. The van der Waals surface area contributed by atoms with E-state index in [1.807, 2.05) is 28.6 Å². The summed E-state index contributed by atoms with van der Waals surface area (Å²) >= 11 is 1.62. The molecule has 24 heavy (non-hydrogen) atoms. The highest BCUT2D eigenvalue weighted by atomic mass is 32.1. The first-order chi connectivity index (χ1) is 11.8. The van der Waals surface area contributed by atoms with Gasteiger partial charge in [-0.3, -0.25) is 9.69 Å². The molecule has 0 aliphatic carbocycles. The number of hydrogen-bond acceptors (Lipinski definition) is 6. The maximum absolute atomic E-state index is 12.9. The zero-order valence-corrected chi connectivity index (χ0v) is 14.1. The minimum absolute atomic E-state index is 0.0212. The Morgan fingerprint density at radius 2 is 2.17 bits per heavy atom. The molecule has 2 aromatic rings. The number of amides is 1. The number of aromatic nitrogens is 1. The van der Waals surface area contributed by atoms with E-state index in [9.17, 15) is 4.79 Å². The molecule has 3 heterocycles. The minimum atomic E-state index is 0.0212. The van der Waals surface area contributed by atoms with Gasteiger partial charge in [-0.05, 0) is 18.6 Å². The summed E-state index contributed by atoms with van der Waals surface area (Å²) in [4.78, 5) is 21.5. The lowest BCUT2D eigenvalue weighted by molar-refractivity contribution is 0.0756. The summed E-state index contributed by atoms with van der Waals surface area (Å²) in [5.41, 5.74) is 3.56. The molecule has 6 nitrogen and oxygen atoms in total. The Labute approximate surface area is 144 Å². The summed E-state index contributed by atoms with van der Waals surface area (Å²) in [7, 11) is 0. The van der Waals surface area contributed by atoms with Gasteiger partial charge in [0, 0.05) is 38.1 Å². The van der Waals surface area contributed by atoms with Gasteiger partial charge in [-0.1, -0.05) is 6.07 Å². The zero-order valence-electron chi connectivity index (χ0n) is 13.3. The first kappa shape index (κ1) is 15.4. The van der Waals surface area contributed by atoms with Gasteiger partial charge in [0.1, 0.15) is 0 Å². The molecule has 1 saturated heterocycles. The number of ether oxygens (including phenoxy) is 2. The summed E-state index contributed by atoms with van der Waals surface area (Å²) < 4.78 is 10.8. The third kappa shape index (κ3) is 3.09. The van der Waals surface area contributed by atoms with Crippen LogP contribution in [0.1, 0.15) is 22.5 Å². The zero-order chi connectivity index (χ0) is 16.4. The van der Waals surface area contributed by atoms with Crippen molar-refractivity contribution >= 4 is 17.2 Å². The Bertz CT molecular complexity index is 720. The topological polar surface area (TPSA) is 54.9 Å². The fraction of sp³-hybridized carbons (Fsp3) is 0.412. The van der Waals surface area contributed by atoms with E-state index in [2.05, 4.69) is 15.3 Å². The molecule has 4 rings (SSSR count). The van der Waals surface area contributed by atoms with Gasteiger partial charge < -0.3 is 14.4 Å². The number of nitrogens with zero attached hydrogens (tertiary/aromatic N) is 3. The smallest absolute Gasteiger partial charge is 0.257 e. The van der Waals surface area contributed by atoms with E-state index < -0.39 is 0 Å². The van der Waals surface area contributed by atoms with Gasteiger partial charge in [0.2, 0.25) is 6.79 Å². The Morgan fingerprint density at radius 3 is 3.04 bits per heavy atom. The third-order valence-electron chi connectivity index (χ3n) is 4.37. The highest BCUT2D eigenvalue weighted by Crippen LogP contribution is 2.36. The first-order valence-electron chi connectivity index (χ1n) is 8.08. The number of carbonyl (C=O) groups excluding carboxylic acids is 1. The summed E-state index contributed by atoms with van der Waals surface area (Å²) in [6.07, 6.45) is 0.961. The molecule has 2 aliphatic rings. The number of carbonyl (C=O) groups is 1. The fourth-order valence-corrected chi connectivity index (χ4v) is 3.70. The summed E-state index contributed by atoms with van der Waals surface area (Å²) in [5, 5.41) is 2.08. The second-order valence-electron chi connectivity index (χ2n) is 5.94. The standard InChI is InChI=1S/C17H19N3O3S/c21-17(14-3-1-4-15-16(14)23-12-22-15)20-6-2-5-19(7-8-20)9-13-10-24-11-18-13/h1,3-4,10-11H,2,5-9,12H2. The lowest BCUT2D eigenvalue weighted by Crippen LogP contribution is -2.35. The molecule has 0 unspecified atom stereocenters. The van der Waals surface area contributed by atoms with Crippen LogP contribution in [0.5, 0.6) is 11.5 Å². The van der Waals surface area contributed by atoms with Crippen molar-refractivity contribution in [1.82, 2.24) is 14.8 Å². The molecule has 0 N–H and O–H groups in total. The van der Waals surface area contributed by atoms with Gasteiger partial charge in [0.25, 0.3) is 5.91 Å². The Kier molecular flexibility index (Phi) is 4.36. The van der Waals surface area contributed by atoms with Crippen LogP contribution in [0.3, 0.4) is 0 Å². The highest BCUT2D eigenvalue weighted by molar-refractivity contribution is 7.07. The molecule has 126 valence electrons. The number of hydrogen-bond donors (Lipinski definition) is 0. The molecule has 7 heteroatoms. The van der Waals surface area contributed by atoms with Gasteiger partial charge in [0.15, 0.2) is 11.5 Å². The van der Waals surface area contributed by atoms with Crippen LogP contribution >= 0.6 is 11.3 Å². The molecular formula is C17H19N3O3S. The molecule has 0 spiro atoms. The Balaban J connectivity index is 1.44. The summed E-state index contributed by atoms with van der Waals surface area (Å²) in [6, 6.07) is 5.48. The lowest BCUT2D eigenvalue weighted by atomic mass is 10.1. The van der Waals surface area contributed by atoms with Gasteiger partial charge in [-0.2, -0.15) is 0 Å². The molecule has 1 aromatic heterocycles. The quantitative estimate of drug-likeness (QED) is 0.854. The van der Waals surface area contributed by atoms with Crippen LogP contribution in [-0.4, -0.2) is 53.7 Å². The highest BCUT2D eigenvalue weighted by Gasteiger charge is 2.26. The Hall–Kier alpha value is -2.12. The monoisotopic (exact) mass is 345 g/mol.